The van der Waals surface area contributed by atoms with Crippen LogP contribution in [0.1, 0.15) is 36.9 Å². The van der Waals surface area contributed by atoms with Crippen LogP contribution in [0.5, 0.6) is 0 Å². The fourth-order valence-corrected chi connectivity index (χ4v) is 2.07. The Labute approximate surface area is 153 Å². The van der Waals surface area contributed by atoms with Gasteiger partial charge in [0, 0.05) is 30.4 Å². The van der Waals surface area contributed by atoms with Gasteiger partial charge in [-0.15, -0.1) is 0 Å². The SMILES string of the molecule is O=Cc1cccc(C=NN(C(=O)c2cnccn2)C(=O)c2cnccn2)c1. The second-order valence-corrected chi connectivity index (χ2v) is 5.14. The summed E-state index contributed by atoms with van der Waals surface area (Å²) in [6, 6.07) is 6.52. The third-order valence-corrected chi connectivity index (χ3v) is 3.32. The molecular formula is C18H12N6O3. The predicted octanol–water partition coefficient (Wildman–Crippen LogP) is 1.40. The molecule has 0 spiro atoms. The first-order valence-corrected chi connectivity index (χ1v) is 7.69. The van der Waals surface area contributed by atoms with Crippen molar-refractivity contribution in [1.29, 1.82) is 0 Å². The standard InChI is InChI=1S/C18H12N6O3/c25-12-14-3-1-2-13(8-14)9-23-24(17(26)15-10-19-4-6-21-15)18(27)16-11-20-5-7-22-16/h1-12H. The third-order valence-electron chi connectivity index (χ3n) is 3.32. The predicted molar refractivity (Wildman–Crippen MR) is 94.0 cm³/mol. The highest BCUT2D eigenvalue weighted by atomic mass is 16.2. The summed E-state index contributed by atoms with van der Waals surface area (Å²) in [5, 5.41) is 4.61. The highest BCUT2D eigenvalue weighted by molar-refractivity contribution is 6.09. The minimum atomic E-state index is -0.776. The average molecular weight is 360 g/mol. The van der Waals surface area contributed by atoms with Crippen molar-refractivity contribution in [3.8, 4) is 0 Å². The lowest BCUT2D eigenvalue weighted by Crippen LogP contribution is -2.33. The molecule has 9 nitrogen and oxygen atoms in total. The number of hydrazone groups is 1. The highest BCUT2D eigenvalue weighted by Crippen LogP contribution is 2.08. The normalized spacial score (nSPS) is 10.5. The van der Waals surface area contributed by atoms with Crippen molar-refractivity contribution in [1.82, 2.24) is 24.9 Å². The molecule has 0 aliphatic carbocycles. The number of hydrogen-bond acceptors (Lipinski definition) is 8. The molecule has 0 aliphatic rings. The van der Waals surface area contributed by atoms with Gasteiger partial charge < -0.3 is 0 Å². The minimum absolute atomic E-state index is 0.0615. The van der Waals surface area contributed by atoms with Gasteiger partial charge in [-0.25, -0.2) is 9.97 Å². The molecule has 2 heterocycles. The van der Waals surface area contributed by atoms with E-state index in [4.69, 9.17) is 0 Å². The Kier molecular flexibility index (Phi) is 5.43. The quantitative estimate of drug-likeness (QED) is 0.292. The van der Waals surface area contributed by atoms with Crippen LogP contribution in [0.3, 0.4) is 0 Å². The number of benzene rings is 1. The lowest BCUT2D eigenvalue weighted by atomic mass is 10.1. The van der Waals surface area contributed by atoms with Gasteiger partial charge in [0.15, 0.2) is 0 Å². The Bertz CT molecular complexity index is 941. The van der Waals surface area contributed by atoms with Crippen LogP contribution in [-0.2, 0) is 0 Å². The summed E-state index contributed by atoms with van der Waals surface area (Å²) in [6.45, 7) is 0. The number of hydrogen-bond donors (Lipinski definition) is 0. The van der Waals surface area contributed by atoms with Gasteiger partial charge in [-0.3, -0.25) is 24.4 Å². The molecule has 3 aromatic rings. The van der Waals surface area contributed by atoms with Crippen molar-refractivity contribution in [2.24, 2.45) is 5.10 Å². The van der Waals surface area contributed by atoms with E-state index in [0.29, 0.717) is 22.4 Å². The number of aldehydes is 1. The van der Waals surface area contributed by atoms with E-state index >= 15 is 0 Å². The molecule has 2 amide bonds. The molecule has 0 bridgehead atoms. The number of imide groups is 1. The fraction of sp³-hybridized carbons (Fsp3) is 0. The van der Waals surface area contributed by atoms with E-state index < -0.39 is 11.8 Å². The van der Waals surface area contributed by atoms with Crippen molar-refractivity contribution in [2.75, 3.05) is 0 Å². The Hall–Kier alpha value is -4.14. The van der Waals surface area contributed by atoms with Crippen LogP contribution in [0, 0.1) is 0 Å². The molecule has 2 aromatic heterocycles. The molecule has 0 aliphatic heterocycles. The van der Waals surface area contributed by atoms with Crippen LogP contribution < -0.4 is 0 Å². The summed E-state index contributed by atoms with van der Waals surface area (Å²) in [6.07, 6.45) is 9.88. The summed E-state index contributed by atoms with van der Waals surface area (Å²) >= 11 is 0. The maximum absolute atomic E-state index is 12.7. The van der Waals surface area contributed by atoms with Crippen molar-refractivity contribution in [3.05, 3.63) is 84.0 Å². The Morgan fingerprint density at radius 3 is 2.00 bits per heavy atom. The van der Waals surface area contributed by atoms with E-state index in [2.05, 4.69) is 25.0 Å². The van der Waals surface area contributed by atoms with Crippen molar-refractivity contribution in [3.63, 3.8) is 0 Å². The maximum Gasteiger partial charge on any atom is 0.301 e. The second-order valence-electron chi connectivity index (χ2n) is 5.14. The summed E-state index contributed by atoms with van der Waals surface area (Å²) < 4.78 is 0. The molecular weight excluding hydrogens is 348 g/mol. The summed E-state index contributed by atoms with van der Waals surface area (Å²) in [7, 11) is 0. The van der Waals surface area contributed by atoms with E-state index in [9.17, 15) is 14.4 Å². The topological polar surface area (TPSA) is 118 Å². The highest BCUT2D eigenvalue weighted by Gasteiger charge is 2.26. The van der Waals surface area contributed by atoms with Crippen LogP contribution in [-0.4, -0.2) is 49.3 Å². The van der Waals surface area contributed by atoms with Gasteiger partial charge in [-0.05, 0) is 11.6 Å². The van der Waals surface area contributed by atoms with Crippen molar-refractivity contribution >= 4 is 24.3 Å². The number of aromatic nitrogens is 4. The van der Waals surface area contributed by atoms with Gasteiger partial charge in [0.25, 0.3) is 0 Å². The van der Waals surface area contributed by atoms with Gasteiger partial charge in [-0.1, -0.05) is 18.2 Å². The number of amides is 2. The van der Waals surface area contributed by atoms with Gasteiger partial charge >= 0.3 is 11.8 Å². The average Bonchev–Trinajstić information content (AvgIpc) is 2.75. The molecule has 0 fully saturated rings. The first-order chi connectivity index (χ1) is 13.2. The van der Waals surface area contributed by atoms with Gasteiger partial charge in [0.2, 0.25) is 0 Å². The molecule has 132 valence electrons. The second kappa shape index (κ2) is 8.30. The van der Waals surface area contributed by atoms with E-state index in [0.717, 1.165) is 0 Å². The molecule has 0 unspecified atom stereocenters. The van der Waals surface area contributed by atoms with Crippen LogP contribution in [0.2, 0.25) is 0 Å². The Balaban J connectivity index is 1.96. The molecule has 0 saturated carbocycles. The summed E-state index contributed by atoms with van der Waals surface area (Å²) in [5.41, 5.74) is 0.844. The lowest BCUT2D eigenvalue weighted by molar-refractivity contribution is 0.0614. The van der Waals surface area contributed by atoms with E-state index in [1.165, 1.54) is 43.4 Å². The zero-order chi connectivity index (χ0) is 19.1. The third kappa shape index (κ3) is 4.28. The molecule has 0 saturated heterocycles. The smallest absolute Gasteiger partial charge is 0.298 e. The Morgan fingerprint density at radius 1 is 0.889 bits per heavy atom. The summed E-state index contributed by atoms with van der Waals surface area (Å²) in [4.78, 5) is 51.7. The van der Waals surface area contributed by atoms with Gasteiger partial charge in [0.05, 0.1) is 18.6 Å². The minimum Gasteiger partial charge on any atom is -0.298 e. The van der Waals surface area contributed by atoms with E-state index in [1.807, 2.05) is 0 Å². The largest absolute Gasteiger partial charge is 0.301 e. The molecule has 0 N–H and O–H groups in total. The molecule has 9 heteroatoms. The van der Waals surface area contributed by atoms with Crippen LogP contribution in [0.25, 0.3) is 0 Å². The van der Waals surface area contributed by atoms with Crippen LogP contribution >= 0.6 is 0 Å². The zero-order valence-electron chi connectivity index (χ0n) is 13.8. The monoisotopic (exact) mass is 360 g/mol. The summed E-state index contributed by atoms with van der Waals surface area (Å²) in [5.74, 6) is -1.55. The molecule has 0 atom stereocenters. The molecule has 0 radical (unpaired) electrons. The fourth-order valence-electron chi connectivity index (χ4n) is 2.07. The van der Waals surface area contributed by atoms with Gasteiger partial charge in [0.1, 0.15) is 17.7 Å². The van der Waals surface area contributed by atoms with Crippen molar-refractivity contribution in [2.45, 2.75) is 0 Å². The van der Waals surface area contributed by atoms with E-state index in [1.54, 1.807) is 24.3 Å². The molecule has 3 rings (SSSR count). The Morgan fingerprint density at radius 2 is 1.48 bits per heavy atom. The number of nitrogens with zero attached hydrogens (tertiary/aromatic N) is 6. The van der Waals surface area contributed by atoms with E-state index in [-0.39, 0.29) is 11.4 Å². The first-order valence-electron chi connectivity index (χ1n) is 7.69. The van der Waals surface area contributed by atoms with Crippen LogP contribution in [0.15, 0.2) is 66.5 Å². The maximum atomic E-state index is 12.7. The van der Waals surface area contributed by atoms with Crippen molar-refractivity contribution < 1.29 is 14.4 Å². The number of rotatable bonds is 5. The zero-order valence-corrected chi connectivity index (χ0v) is 13.8. The number of carbonyl (C=O) groups excluding carboxylic acids is 3. The number of carbonyl (C=O) groups is 3. The molecule has 1 aromatic carbocycles. The first kappa shape index (κ1) is 17.7. The van der Waals surface area contributed by atoms with Crippen LogP contribution in [0.4, 0.5) is 0 Å². The molecule has 27 heavy (non-hydrogen) atoms. The lowest BCUT2D eigenvalue weighted by Gasteiger charge is -2.14. The van der Waals surface area contributed by atoms with Gasteiger partial charge in [-0.2, -0.15) is 10.1 Å².